The van der Waals surface area contributed by atoms with Gasteiger partial charge in [0.2, 0.25) is 0 Å². The van der Waals surface area contributed by atoms with Crippen LogP contribution in [0.4, 0.5) is 0 Å². The van der Waals surface area contributed by atoms with E-state index in [0.29, 0.717) is 14.8 Å². The number of fused-ring (bicyclic) bond motifs is 1. The van der Waals surface area contributed by atoms with Crippen molar-refractivity contribution < 1.29 is 0 Å². The van der Waals surface area contributed by atoms with Gasteiger partial charge < -0.3 is 5.73 Å². The van der Waals surface area contributed by atoms with E-state index >= 15 is 0 Å². The van der Waals surface area contributed by atoms with Crippen molar-refractivity contribution in [1.29, 1.82) is 10.5 Å². The van der Waals surface area contributed by atoms with Crippen LogP contribution in [-0.2, 0) is 12.8 Å². The molecule has 0 amide bonds. The molecule has 0 aliphatic carbocycles. The SMILES string of the molecule is CCc1ccc(/C=c2/sc3n(c2=O)C(N)=C(C#N)[C@H](c2ccc(CC)cc2)C=3C#N)cc1. The van der Waals surface area contributed by atoms with E-state index in [9.17, 15) is 15.3 Å². The molecule has 0 fully saturated rings. The second-order valence-electron chi connectivity index (χ2n) is 7.62. The molecule has 3 aromatic rings. The Morgan fingerprint density at radius 2 is 1.53 bits per heavy atom. The van der Waals surface area contributed by atoms with Crippen LogP contribution in [0, 0.1) is 22.7 Å². The third-order valence-electron chi connectivity index (χ3n) is 5.80. The number of aromatic nitrogens is 1. The molecule has 32 heavy (non-hydrogen) atoms. The Hall–Kier alpha value is -3.87. The van der Waals surface area contributed by atoms with Gasteiger partial charge in [-0.25, -0.2) is 0 Å². The molecule has 4 rings (SSSR count). The van der Waals surface area contributed by atoms with E-state index in [0.717, 1.165) is 29.5 Å². The number of allylic oxidation sites excluding steroid dienone is 1. The molecule has 1 atom stereocenters. The lowest BCUT2D eigenvalue weighted by molar-refractivity contribution is 0.905. The number of nitriles is 2. The van der Waals surface area contributed by atoms with Gasteiger partial charge in [-0.05, 0) is 41.2 Å². The molecule has 0 spiro atoms. The van der Waals surface area contributed by atoms with Crippen LogP contribution in [0.25, 0.3) is 17.5 Å². The Balaban J connectivity index is 1.97. The summed E-state index contributed by atoms with van der Waals surface area (Å²) in [4.78, 5) is 13.2. The van der Waals surface area contributed by atoms with Gasteiger partial charge in [0, 0.05) is 0 Å². The highest BCUT2D eigenvalue weighted by atomic mass is 32.1. The number of nitrogens with zero attached hydrogens (tertiary/aromatic N) is 3. The van der Waals surface area contributed by atoms with E-state index in [1.54, 1.807) is 6.08 Å². The fourth-order valence-electron chi connectivity index (χ4n) is 3.93. The molecule has 0 radical (unpaired) electrons. The van der Waals surface area contributed by atoms with Gasteiger partial charge in [0.25, 0.3) is 5.56 Å². The van der Waals surface area contributed by atoms with E-state index in [-0.39, 0.29) is 17.0 Å². The third kappa shape index (κ3) is 3.56. The summed E-state index contributed by atoms with van der Waals surface area (Å²) in [7, 11) is 0. The molecule has 158 valence electrons. The fraction of sp³-hybridized carbons (Fsp3) is 0.192. The monoisotopic (exact) mass is 438 g/mol. The van der Waals surface area contributed by atoms with Crippen LogP contribution in [-0.4, -0.2) is 4.57 Å². The summed E-state index contributed by atoms with van der Waals surface area (Å²) in [5.74, 6) is -0.501. The average Bonchev–Trinajstić information content (AvgIpc) is 3.15. The largest absolute Gasteiger partial charge is 0.384 e. The smallest absolute Gasteiger partial charge is 0.274 e. The zero-order chi connectivity index (χ0) is 22.8. The highest BCUT2D eigenvalue weighted by Gasteiger charge is 2.32. The molecule has 2 heterocycles. The Morgan fingerprint density at radius 1 is 0.969 bits per heavy atom. The van der Waals surface area contributed by atoms with E-state index in [4.69, 9.17) is 5.73 Å². The van der Waals surface area contributed by atoms with Crippen molar-refractivity contribution in [2.45, 2.75) is 32.6 Å². The minimum Gasteiger partial charge on any atom is -0.384 e. The molecule has 6 heteroatoms. The Bertz CT molecular complexity index is 1470. The van der Waals surface area contributed by atoms with Crippen LogP contribution in [0.15, 0.2) is 58.9 Å². The van der Waals surface area contributed by atoms with Crippen LogP contribution in [0.2, 0.25) is 0 Å². The van der Waals surface area contributed by atoms with Gasteiger partial charge >= 0.3 is 0 Å². The number of aryl methyl sites for hydroxylation is 2. The Morgan fingerprint density at radius 3 is 2.06 bits per heavy atom. The van der Waals surface area contributed by atoms with Crippen molar-refractivity contribution in [1.82, 2.24) is 4.57 Å². The molecule has 1 aliphatic heterocycles. The molecule has 1 aliphatic rings. The molecule has 2 N–H and O–H groups in total. The van der Waals surface area contributed by atoms with Crippen molar-refractivity contribution >= 4 is 28.8 Å². The average molecular weight is 439 g/mol. The second-order valence-corrected chi connectivity index (χ2v) is 8.65. The summed E-state index contributed by atoms with van der Waals surface area (Å²) in [6.45, 7) is 4.16. The molecule has 5 nitrogen and oxygen atoms in total. The van der Waals surface area contributed by atoms with Crippen molar-refractivity contribution in [3.05, 3.63) is 95.9 Å². The molecular weight excluding hydrogens is 416 g/mol. The van der Waals surface area contributed by atoms with E-state index < -0.39 is 5.92 Å². The standard InChI is InChI=1S/C26H22N4OS/c1-3-16-5-7-18(8-6-16)13-22-25(31)30-24(29)20(14-27)23(21(15-28)26(30)32-22)19-11-9-17(4-2)10-12-19/h5-13,23H,3-4,29H2,1-2H3/b22-13+/t23-/m0/s1. The second kappa shape index (κ2) is 8.70. The summed E-state index contributed by atoms with van der Waals surface area (Å²) < 4.78 is 2.26. The first-order valence-electron chi connectivity index (χ1n) is 10.5. The summed E-state index contributed by atoms with van der Waals surface area (Å²) in [5, 5.41) is 19.9. The van der Waals surface area contributed by atoms with E-state index in [1.165, 1.54) is 21.5 Å². The minimum absolute atomic E-state index is 0.0910. The van der Waals surface area contributed by atoms with Crippen LogP contribution >= 0.6 is 11.3 Å². The first kappa shape index (κ1) is 21.4. The molecule has 0 bridgehead atoms. The summed E-state index contributed by atoms with van der Waals surface area (Å²) in [6.07, 6.45) is 3.64. The van der Waals surface area contributed by atoms with Crippen LogP contribution in [0.1, 0.15) is 42.0 Å². The van der Waals surface area contributed by atoms with Crippen LogP contribution in [0.5, 0.6) is 0 Å². The number of thiazole rings is 1. The predicted octanol–water partition coefficient (Wildman–Crippen LogP) is 2.99. The molecule has 1 aromatic heterocycles. The predicted molar refractivity (Wildman–Crippen MR) is 128 cm³/mol. The summed E-state index contributed by atoms with van der Waals surface area (Å²) in [6, 6.07) is 20.2. The van der Waals surface area contributed by atoms with Gasteiger partial charge in [0.1, 0.15) is 10.5 Å². The Kier molecular flexibility index (Phi) is 5.81. The maximum absolute atomic E-state index is 13.2. The Labute approximate surface area is 190 Å². The lowest BCUT2D eigenvalue weighted by atomic mass is 9.84. The van der Waals surface area contributed by atoms with Crippen LogP contribution in [0.3, 0.4) is 0 Å². The number of rotatable bonds is 4. The highest BCUT2D eigenvalue weighted by molar-refractivity contribution is 7.07. The van der Waals surface area contributed by atoms with Gasteiger partial charge in [-0.1, -0.05) is 62.4 Å². The van der Waals surface area contributed by atoms with Crippen molar-refractivity contribution in [2.75, 3.05) is 0 Å². The summed E-state index contributed by atoms with van der Waals surface area (Å²) >= 11 is 1.23. The number of hydrogen-bond acceptors (Lipinski definition) is 5. The zero-order valence-electron chi connectivity index (χ0n) is 17.9. The maximum atomic E-state index is 13.2. The number of benzene rings is 2. The lowest BCUT2D eigenvalue weighted by Gasteiger charge is -2.22. The number of hydrogen-bond donors (Lipinski definition) is 1. The molecular formula is C26H22N4OS. The van der Waals surface area contributed by atoms with E-state index in [2.05, 4.69) is 26.0 Å². The molecule has 0 saturated heterocycles. The van der Waals surface area contributed by atoms with E-state index in [1.807, 2.05) is 48.5 Å². The summed E-state index contributed by atoms with van der Waals surface area (Å²) in [5.41, 5.74) is 10.7. The van der Waals surface area contributed by atoms with Crippen molar-refractivity contribution in [3.63, 3.8) is 0 Å². The fourth-order valence-corrected chi connectivity index (χ4v) is 5.06. The first-order chi connectivity index (χ1) is 15.5. The van der Waals surface area contributed by atoms with Gasteiger partial charge in [0.15, 0.2) is 0 Å². The quantitative estimate of drug-likeness (QED) is 0.677. The normalized spacial score (nSPS) is 15.9. The third-order valence-corrected chi connectivity index (χ3v) is 6.90. The first-order valence-corrected chi connectivity index (χ1v) is 11.3. The molecule has 2 aromatic carbocycles. The zero-order valence-corrected chi connectivity index (χ0v) is 18.7. The maximum Gasteiger partial charge on any atom is 0.274 e. The van der Waals surface area contributed by atoms with Crippen molar-refractivity contribution in [3.8, 4) is 12.1 Å². The topological polar surface area (TPSA) is 95.6 Å². The van der Waals surface area contributed by atoms with Gasteiger partial charge in [-0.15, -0.1) is 11.3 Å². The lowest BCUT2D eigenvalue weighted by Crippen LogP contribution is -2.38. The van der Waals surface area contributed by atoms with Gasteiger partial charge in [-0.2, -0.15) is 10.5 Å². The van der Waals surface area contributed by atoms with Crippen molar-refractivity contribution in [2.24, 2.45) is 5.73 Å². The molecule has 0 unspecified atom stereocenters. The van der Waals surface area contributed by atoms with Gasteiger partial charge in [-0.3, -0.25) is 9.36 Å². The minimum atomic E-state index is -0.592. The number of nitrogens with two attached hydrogens (primary N) is 1. The molecule has 0 saturated carbocycles. The van der Waals surface area contributed by atoms with Crippen LogP contribution < -0.4 is 20.5 Å². The van der Waals surface area contributed by atoms with Gasteiger partial charge in [0.05, 0.1) is 33.7 Å². The highest BCUT2D eigenvalue weighted by Crippen LogP contribution is 2.35.